The minimum atomic E-state index is -0.255. The Kier molecular flexibility index (Phi) is 3.89. The molecule has 1 aromatic carbocycles. The molecule has 0 saturated carbocycles. The fraction of sp³-hybridized carbons (Fsp3) is 0.143. The fourth-order valence-electron chi connectivity index (χ4n) is 2.13. The van der Waals surface area contributed by atoms with Crippen LogP contribution in [0.3, 0.4) is 0 Å². The minimum Gasteiger partial charge on any atom is -0.280 e. The van der Waals surface area contributed by atoms with Gasteiger partial charge in [0.25, 0.3) is 0 Å². The van der Waals surface area contributed by atoms with Crippen LogP contribution in [0.15, 0.2) is 36.5 Å². The first-order chi connectivity index (χ1) is 9.70. The highest BCUT2D eigenvalue weighted by atomic mass is 127. The number of aryl methyl sites for hydroxylation is 1. The number of alkyl halides is 1. The number of pyridine rings is 1. The highest BCUT2D eigenvalue weighted by Crippen LogP contribution is 2.25. The third-order valence-corrected chi connectivity index (χ3v) is 4.01. The van der Waals surface area contributed by atoms with Gasteiger partial charge in [0, 0.05) is 22.1 Å². The van der Waals surface area contributed by atoms with Crippen molar-refractivity contribution in [2.24, 2.45) is 0 Å². The predicted octanol–water partition coefficient (Wildman–Crippen LogP) is 3.95. The van der Waals surface area contributed by atoms with Gasteiger partial charge in [-0.15, -0.1) is 11.6 Å². The Bertz CT molecular complexity index is 772. The monoisotopic (exact) mass is 401 g/mol. The molecule has 3 nitrogen and oxygen atoms in total. The second-order valence-electron chi connectivity index (χ2n) is 4.24. The maximum absolute atomic E-state index is 13.3. The summed E-state index contributed by atoms with van der Waals surface area (Å²) in [7, 11) is 0. The van der Waals surface area contributed by atoms with E-state index < -0.39 is 0 Å². The topological polar surface area (TPSA) is 30.7 Å². The Balaban J connectivity index is 2.30. The van der Waals surface area contributed by atoms with Gasteiger partial charge in [-0.3, -0.25) is 4.57 Å². The Morgan fingerprint density at radius 3 is 2.90 bits per heavy atom. The highest BCUT2D eigenvalue weighted by molar-refractivity contribution is 14.1. The number of halogens is 3. The van der Waals surface area contributed by atoms with Crippen molar-refractivity contribution in [2.45, 2.75) is 6.42 Å². The van der Waals surface area contributed by atoms with Gasteiger partial charge in [0.05, 0.1) is 5.69 Å². The van der Waals surface area contributed by atoms with Crippen LogP contribution in [0.5, 0.6) is 0 Å². The molecule has 102 valence electrons. The number of hydrogen-bond donors (Lipinski definition) is 0. The van der Waals surface area contributed by atoms with Crippen LogP contribution in [0.25, 0.3) is 16.9 Å². The van der Waals surface area contributed by atoms with Crippen LogP contribution in [-0.4, -0.2) is 20.4 Å². The molecule has 20 heavy (non-hydrogen) atoms. The Labute approximate surface area is 133 Å². The van der Waals surface area contributed by atoms with Gasteiger partial charge in [-0.05, 0) is 52.9 Å². The summed E-state index contributed by atoms with van der Waals surface area (Å²) < 4.78 is 16.0. The molecule has 0 aliphatic carbocycles. The van der Waals surface area contributed by atoms with Crippen molar-refractivity contribution in [3.63, 3.8) is 0 Å². The Morgan fingerprint density at radius 1 is 1.30 bits per heavy atom. The lowest BCUT2D eigenvalue weighted by molar-refractivity contribution is 0.626. The molecule has 0 amide bonds. The van der Waals surface area contributed by atoms with E-state index in [-0.39, 0.29) is 5.82 Å². The predicted molar refractivity (Wildman–Crippen MR) is 86.0 cm³/mol. The summed E-state index contributed by atoms with van der Waals surface area (Å²) in [6.07, 6.45) is 2.35. The van der Waals surface area contributed by atoms with Gasteiger partial charge in [-0.1, -0.05) is 0 Å². The number of benzene rings is 1. The third-order valence-electron chi connectivity index (χ3n) is 2.95. The molecule has 3 aromatic rings. The average molecular weight is 402 g/mol. The van der Waals surface area contributed by atoms with Gasteiger partial charge >= 0.3 is 0 Å². The van der Waals surface area contributed by atoms with E-state index in [2.05, 4.69) is 32.6 Å². The summed E-state index contributed by atoms with van der Waals surface area (Å²) in [5.41, 5.74) is 2.44. The van der Waals surface area contributed by atoms with Crippen LogP contribution in [0.2, 0.25) is 0 Å². The van der Waals surface area contributed by atoms with Crippen LogP contribution in [0.1, 0.15) is 5.82 Å². The van der Waals surface area contributed by atoms with Crippen molar-refractivity contribution in [1.82, 2.24) is 14.5 Å². The van der Waals surface area contributed by atoms with Crippen molar-refractivity contribution in [1.29, 1.82) is 0 Å². The summed E-state index contributed by atoms with van der Waals surface area (Å²) in [5, 5.41) is 0. The first kappa shape index (κ1) is 13.8. The largest absolute Gasteiger partial charge is 0.280 e. The lowest BCUT2D eigenvalue weighted by atomic mass is 10.3. The van der Waals surface area contributed by atoms with Crippen molar-refractivity contribution in [3.05, 3.63) is 51.7 Å². The zero-order valence-corrected chi connectivity index (χ0v) is 13.3. The van der Waals surface area contributed by atoms with E-state index >= 15 is 0 Å². The average Bonchev–Trinajstić information content (AvgIpc) is 2.78. The molecule has 0 N–H and O–H groups in total. The summed E-state index contributed by atoms with van der Waals surface area (Å²) >= 11 is 7.97. The maximum atomic E-state index is 13.3. The fourth-order valence-corrected chi connectivity index (χ4v) is 3.01. The molecule has 0 fully saturated rings. The van der Waals surface area contributed by atoms with Gasteiger partial charge in [-0.25, -0.2) is 14.4 Å². The van der Waals surface area contributed by atoms with Crippen LogP contribution >= 0.6 is 34.2 Å². The van der Waals surface area contributed by atoms with Crippen LogP contribution in [-0.2, 0) is 6.42 Å². The molecule has 0 saturated heterocycles. The van der Waals surface area contributed by atoms with E-state index in [1.165, 1.54) is 12.1 Å². The molecule has 0 atom stereocenters. The Hall–Kier alpha value is -1.21. The van der Waals surface area contributed by atoms with Crippen molar-refractivity contribution >= 4 is 45.4 Å². The molecule has 3 rings (SSSR count). The number of fused-ring (bicyclic) bond motifs is 1. The van der Waals surface area contributed by atoms with Gasteiger partial charge in [0.2, 0.25) is 0 Å². The van der Waals surface area contributed by atoms with Gasteiger partial charge in [-0.2, -0.15) is 0 Å². The molecule has 0 unspecified atom stereocenters. The lowest BCUT2D eigenvalue weighted by Gasteiger charge is -2.10. The van der Waals surface area contributed by atoms with E-state index in [9.17, 15) is 4.39 Å². The zero-order chi connectivity index (χ0) is 14.1. The number of rotatable bonds is 3. The zero-order valence-electron chi connectivity index (χ0n) is 10.4. The summed E-state index contributed by atoms with van der Waals surface area (Å²) in [6, 6.07) is 8.43. The number of aromatic nitrogens is 3. The highest BCUT2D eigenvalue weighted by Gasteiger charge is 2.15. The van der Waals surface area contributed by atoms with Crippen LogP contribution in [0.4, 0.5) is 4.39 Å². The van der Waals surface area contributed by atoms with Crippen molar-refractivity contribution < 1.29 is 4.39 Å². The third kappa shape index (κ3) is 2.40. The number of imidazole rings is 1. The summed E-state index contributed by atoms with van der Waals surface area (Å²) in [6.45, 7) is 0. The number of nitrogens with zero attached hydrogens (tertiary/aromatic N) is 3. The van der Waals surface area contributed by atoms with Crippen molar-refractivity contribution in [2.75, 3.05) is 5.88 Å². The van der Waals surface area contributed by atoms with Crippen molar-refractivity contribution in [3.8, 4) is 5.69 Å². The molecular weight excluding hydrogens is 392 g/mol. The number of hydrogen-bond acceptors (Lipinski definition) is 2. The van der Waals surface area contributed by atoms with E-state index in [1.807, 2.05) is 16.7 Å². The molecule has 0 bridgehead atoms. The van der Waals surface area contributed by atoms with Crippen LogP contribution in [0, 0.1) is 9.39 Å². The SMILES string of the molecule is Fc1ccc(-n2c(CCCl)nc3cccnc32)c(I)c1. The van der Waals surface area contributed by atoms with Gasteiger partial charge < -0.3 is 0 Å². The molecule has 2 aromatic heterocycles. The molecule has 0 spiro atoms. The van der Waals surface area contributed by atoms with E-state index in [0.29, 0.717) is 12.3 Å². The molecule has 6 heteroatoms. The first-order valence-corrected chi connectivity index (χ1v) is 7.66. The molecule has 0 aliphatic heterocycles. The standard InChI is InChI=1S/C14H10ClFIN3/c15-6-5-13-19-11-2-1-7-18-14(11)20(13)12-4-3-9(16)8-10(12)17/h1-4,7-8H,5-6H2. The van der Waals surface area contributed by atoms with E-state index in [0.717, 1.165) is 26.2 Å². The van der Waals surface area contributed by atoms with Gasteiger partial charge in [0.1, 0.15) is 17.2 Å². The quantitative estimate of drug-likeness (QED) is 0.491. The molecule has 0 radical (unpaired) electrons. The second-order valence-corrected chi connectivity index (χ2v) is 5.78. The summed E-state index contributed by atoms with van der Waals surface area (Å²) in [5.74, 6) is 1.05. The maximum Gasteiger partial charge on any atom is 0.164 e. The lowest BCUT2D eigenvalue weighted by Crippen LogP contribution is -2.05. The van der Waals surface area contributed by atoms with E-state index in [4.69, 9.17) is 11.6 Å². The molecule has 0 aliphatic rings. The van der Waals surface area contributed by atoms with E-state index in [1.54, 1.807) is 12.3 Å². The smallest absolute Gasteiger partial charge is 0.164 e. The van der Waals surface area contributed by atoms with Crippen LogP contribution < -0.4 is 0 Å². The Morgan fingerprint density at radius 2 is 2.15 bits per heavy atom. The second kappa shape index (κ2) is 5.65. The normalized spacial score (nSPS) is 11.2. The molecule has 2 heterocycles. The summed E-state index contributed by atoms with van der Waals surface area (Å²) in [4.78, 5) is 8.95. The minimum absolute atomic E-state index is 0.255. The first-order valence-electron chi connectivity index (χ1n) is 6.04. The van der Waals surface area contributed by atoms with Gasteiger partial charge in [0.15, 0.2) is 5.65 Å². The molecular formula is C14H10ClFIN3.